The van der Waals surface area contributed by atoms with E-state index in [9.17, 15) is 24.3 Å². The predicted octanol–water partition coefficient (Wildman–Crippen LogP) is 0.885. The second-order valence-corrected chi connectivity index (χ2v) is 12.3. The summed E-state index contributed by atoms with van der Waals surface area (Å²) in [7, 11) is 0. The molecule has 4 saturated heterocycles. The van der Waals surface area contributed by atoms with E-state index in [1.165, 1.54) is 0 Å². The van der Waals surface area contributed by atoms with Crippen LogP contribution in [0.15, 0.2) is 25.3 Å². The van der Waals surface area contributed by atoms with Gasteiger partial charge in [0.15, 0.2) is 0 Å². The molecule has 4 rings (SSSR count). The van der Waals surface area contributed by atoms with Crippen molar-refractivity contribution in [2.24, 2.45) is 11.8 Å². The van der Waals surface area contributed by atoms with Crippen molar-refractivity contribution >= 4 is 23.7 Å². The molecule has 246 valence electrons. The van der Waals surface area contributed by atoms with Crippen LogP contribution in [0.5, 0.6) is 0 Å². The summed E-state index contributed by atoms with van der Waals surface area (Å²) in [6.07, 6.45) is 6.09. The molecule has 0 aromatic carbocycles. The molecule has 2 N–H and O–H groups in total. The van der Waals surface area contributed by atoms with Crippen LogP contribution in [0.2, 0.25) is 0 Å². The fourth-order valence-corrected chi connectivity index (χ4v) is 7.12. The number of rotatable bonds is 18. The predicted molar refractivity (Wildman–Crippen MR) is 162 cm³/mol. The monoisotopic (exact) mass is 618 g/mol. The lowest BCUT2D eigenvalue weighted by Gasteiger charge is -2.37. The minimum Gasteiger partial charge on any atom is -0.460 e. The molecule has 2 bridgehead atoms. The van der Waals surface area contributed by atoms with E-state index in [0.29, 0.717) is 84.3 Å². The first-order valence-electron chi connectivity index (χ1n) is 16.1. The fourth-order valence-electron chi connectivity index (χ4n) is 7.12. The van der Waals surface area contributed by atoms with Crippen molar-refractivity contribution in [3.63, 3.8) is 0 Å². The molecule has 0 aromatic heterocycles. The van der Waals surface area contributed by atoms with Crippen LogP contribution >= 0.6 is 0 Å². The molecular formula is C32H50N4O8. The standard InChI is InChI=1S/C32H50N4O8/c1-4-6-10-25(38)33-22-23(3)43-31(41)26-24-11-12-32(44-24)27(26)29(39)36(14-8-7-9-19-37)28(32)30(40)35(13-5-2)16-15-34-17-20-42-21-18-34/h4-5,23-24,26-28,37H,1-2,6-22H2,3H3,(H,33,38)/t23-,24-,26+,27+,28-,32+/m1/s1. The highest BCUT2D eigenvalue weighted by atomic mass is 16.6. The van der Waals surface area contributed by atoms with Crippen LogP contribution in [0.1, 0.15) is 51.9 Å². The summed E-state index contributed by atoms with van der Waals surface area (Å²) in [6, 6.07) is -0.858. The number of morpholine rings is 1. The Balaban J connectivity index is 1.51. The van der Waals surface area contributed by atoms with Crippen LogP contribution in [0.3, 0.4) is 0 Å². The number of hydrogen-bond donors (Lipinski definition) is 2. The maximum atomic E-state index is 14.4. The molecule has 4 fully saturated rings. The maximum absolute atomic E-state index is 14.4. The molecule has 6 atom stereocenters. The maximum Gasteiger partial charge on any atom is 0.312 e. The van der Waals surface area contributed by atoms with Gasteiger partial charge in [-0.3, -0.25) is 24.1 Å². The van der Waals surface area contributed by atoms with E-state index in [1.807, 2.05) is 0 Å². The topological polar surface area (TPSA) is 138 Å². The average Bonchev–Trinajstić information content (AvgIpc) is 3.66. The lowest BCUT2D eigenvalue weighted by atomic mass is 9.70. The summed E-state index contributed by atoms with van der Waals surface area (Å²) in [5.41, 5.74) is -1.11. The molecule has 3 amide bonds. The molecule has 12 heteroatoms. The van der Waals surface area contributed by atoms with E-state index in [1.54, 1.807) is 28.9 Å². The third-order valence-electron chi connectivity index (χ3n) is 9.29. The summed E-state index contributed by atoms with van der Waals surface area (Å²) < 4.78 is 17.8. The Hall–Kier alpha value is -2.80. The first-order chi connectivity index (χ1) is 21.3. The number of fused-ring (bicyclic) bond motifs is 1. The van der Waals surface area contributed by atoms with Crippen molar-refractivity contribution < 1.29 is 38.5 Å². The average molecular weight is 619 g/mol. The Morgan fingerprint density at radius 1 is 1.18 bits per heavy atom. The number of amides is 3. The molecule has 0 saturated carbocycles. The van der Waals surface area contributed by atoms with Crippen molar-refractivity contribution in [1.29, 1.82) is 0 Å². The van der Waals surface area contributed by atoms with Crippen LogP contribution in [-0.2, 0) is 33.4 Å². The van der Waals surface area contributed by atoms with Crippen molar-refractivity contribution in [2.45, 2.75) is 75.7 Å². The minimum atomic E-state index is -1.11. The second kappa shape index (κ2) is 16.0. The van der Waals surface area contributed by atoms with Crippen LogP contribution in [0, 0.1) is 11.8 Å². The summed E-state index contributed by atoms with van der Waals surface area (Å²) in [6.45, 7) is 14.1. The fraction of sp³-hybridized carbons (Fsp3) is 0.750. The number of aliphatic hydroxyl groups excluding tert-OH is 1. The number of carbonyl (C=O) groups excluding carboxylic acids is 4. The van der Waals surface area contributed by atoms with Gasteiger partial charge in [-0.1, -0.05) is 12.2 Å². The zero-order valence-corrected chi connectivity index (χ0v) is 26.1. The van der Waals surface area contributed by atoms with Gasteiger partial charge in [-0.05, 0) is 45.4 Å². The number of esters is 1. The molecule has 44 heavy (non-hydrogen) atoms. The summed E-state index contributed by atoms with van der Waals surface area (Å²) in [5, 5.41) is 12.0. The van der Waals surface area contributed by atoms with E-state index in [2.05, 4.69) is 23.4 Å². The van der Waals surface area contributed by atoms with Gasteiger partial charge in [0.05, 0.1) is 37.7 Å². The lowest BCUT2D eigenvalue weighted by molar-refractivity contribution is -0.159. The molecule has 0 aliphatic carbocycles. The number of carbonyl (C=O) groups is 4. The van der Waals surface area contributed by atoms with Crippen LogP contribution in [0.4, 0.5) is 0 Å². The largest absolute Gasteiger partial charge is 0.460 e. The first-order valence-corrected chi connectivity index (χ1v) is 16.1. The Kier molecular flexibility index (Phi) is 12.4. The smallest absolute Gasteiger partial charge is 0.312 e. The van der Waals surface area contributed by atoms with Gasteiger partial charge >= 0.3 is 5.97 Å². The van der Waals surface area contributed by atoms with Gasteiger partial charge in [0, 0.05) is 52.3 Å². The van der Waals surface area contributed by atoms with E-state index >= 15 is 0 Å². The quantitative estimate of drug-likeness (QED) is 0.130. The van der Waals surface area contributed by atoms with E-state index in [-0.39, 0.29) is 30.9 Å². The molecule has 4 heterocycles. The molecule has 0 unspecified atom stereocenters. The van der Waals surface area contributed by atoms with Crippen LogP contribution < -0.4 is 5.32 Å². The van der Waals surface area contributed by atoms with E-state index in [4.69, 9.17) is 14.2 Å². The number of allylic oxidation sites excluding steroid dienone is 1. The van der Waals surface area contributed by atoms with E-state index < -0.39 is 41.7 Å². The highest BCUT2D eigenvalue weighted by Gasteiger charge is 2.75. The SMILES string of the molecule is C=CCCC(=O)NC[C@@H](C)OC(=O)[C@@H]1[C@H]2C(=O)N(CCCCCO)[C@H](C(=O)N(CC=C)CCN3CCOCC3)[C@]23CC[C@H]1O3. The summed E-state index contributed by atoms with van der Waals surface area (Å²) in [4.78, 5) is 59.8. The van der Waals surface area contributed by atoms with Crippen molar-refractivity contribution in [3.8, 4) is 0 Å². The molecule has 1 spiro atoms. The molecule has 12 nitrogen and oxygen atoms in total. The number of hydrogen-bond acceptors (Lipinski definition) is 9. The number of nitrogens with zero attached hydrogens (tertiary/aromatic N) is 3. The molecular weight excluding hydrogens is 568 g/mol. The van der Waals surface area contributed by atoms with Crippen LogP contribution in [-0.4, -0.2) is 133 Å². The van der Waals surface area contributed by atoms with Crippen molar-refractivity contribution in [2.75, 3.05) is 65.6 Å². The van der Waals surface area contributed by atoms with Crippen molar-refractivity contribution in [1.82, 2.24) is 20.0 Å². The van der Waals surface area contributed by atoms with Gasteiger partial charge in [0.25, 0.3) is 0 Å². The highest BCUT2D eigenvalue weighted by Crippen LogP contribution is 2.58. The normalized spacial score (nSPS) is 28.4. The van der Waals surface area contributed by atoms with Gasteiger partial charge in [0.1, 0.15) is 17.7 Å². The van der Waals surface area contributed by atoms with Crippen LogP contribution in [0.25, 0.3) is 0 Å². The number of ether oxygens (including phenoxy) is 3. The summed E-state index contributed by atoms with van der Waals surface area (Å²) >= 11 is 0. The van der Waals surface area contributed by atoms with E-state index in [0.717, 1.165) is 13.1 Å². The van der Waals surface area contributed by atoms with Gasteiger partial charge in [0.2, 0.25) is 17.7 Å². The van der Waals surface area contributed by atoms with Gasteiger partial charge in [-0.2, -0.15) is 0 Å². The lowest BCUT2D eigenvalue weighted by Crippen LogP contribution is -2.57. The zero-order valence-electron chi connectivity index (χ0n) is 26.1. The second-order valence-electron chi connectivity index (χ2n) is 12.3. The number of unbranched alkanes of at least 4 members (excludes halogenated alkanes) is 2. The van der Waals surface area contributed by atoms with Gasteiger partial charge in [-0.15, -0.1) is 13.2 Å². The van der Waals surface area contributed by atoms with Gasteiger partial charge in [-0.25, -0.2) is 0 Å². The minimum absolute atomic E-state index is 0.0587. The highest BCUT2D eigenvalue weighted by molar-refractivity contribution is 5.98. The van der Waals surface area contributed by atoms with Crippen molar-refractivity contribution in [3.05, 3.63) is 25.3 Å². The first kappa shape index (κ1) is 34.1. The third kappa shape index (κ3) is 7.52. The molecule has 4 aliphatic rings. The molecule has 4 aliphatic heterocycles. The number of aliphatic hydroxyl groups is 1. The molecule has 0 radical (unpaired) electrons. The Labute approximate surface area is 260 Å². The third-order valence-corrected chi connectivity index (χ3v) is 9.29. The Bertz CT molecular complexity index is 1050. The number of likely N-dealkylation sites (tertiary alicyclic amines) is 1. The zero-order chi connectivity index (χ0) is 31.7. The Morgan fingerprint density at radius 2 is 1.95 bits per heavy atom. The number of nitrogens with one attached hydrogen (secondary N) is 1. The van der Waals surface area contributed by atoms with Gasteiger partial charge < -0.3 is 34.4 Å². The Morgan fingerprint density at radius 3 is 2.66 bits per heavy atom. The molecule has 0 aromatic rings. The summed E-state index contributed by atoms with van der Waals surface area (Å²) in [5.74, 6) is -2.79.